The Morgan fingerprint density at radius 3 is 2.74 bits per heavy atom. The molecule has 2 aromatic heterocycles. The van der Waals surface area contributed by atoms with E-state index < -0.39 is 6.10 Å². The largest absolute Gasteiger partial charge is 0.391 e. The van der Waals surface area contributed by atoms with E-state index in [2.05, 4.69) is 28.7 Å². The van der Waals surface area contributed by atoms with Crippen molar-refractivity contribution >= 4 is 21.6 Å². The van der Waals surface area contributed by atoms with Crippen LogP contribution in [0.3, 0.4) is 0 Å². The van der Waals surface area contributed by atoms with Crippen LogP contribution in [0, 0.1) is 0 Å². The minimum Gasteiger partial charge on any atom is -0.391 e. The van der Waals surface area contributed by atoms with Gasteiger partial charge in [-0.05, 0) is 48.9 Å². The molecule has 3 aromatic rings. The molecular weight excluding hydrogens is 304 g/mol. The van der Waals surface area contributed by atoms with Crippen LogP contribution < -0.4 is 5.32 Å². The van der Waals surface area contributed by atoms with Gasteiger partial charge in [0, 0.05) is 18.3 Å². The van der Waals surface area contributed by atoms with Gasteiger partial charge < -0.3 is 10.4 Å². The zero-order chi connectivity index (χ0) is 16.2. The first-order valence-electron chi connectivity index (χ1n) is 7.94. The van der Waals surface area contributed by atoms with Crippen LogP contribution in [0.4, 0.5) is 0 Å². The Hall–Kier alpha value is -1.75. The number of rotatable bonds is 6. The number of hydrogen-bond donors (Lipinski definition) is 2. The van der Waals surface area contributed by atoms with Crippen molar-refractivity contribution in [1.29, 1.82) is 0 Å². The Kier molecular flexibility index (Phi) is 5.06. The highest BCUT2D eigenvalue weighted by Crippen LogP contribution is 2.23. The van der Waals surface area contributed by atoms with E-state index in [9.17, 15) is 5.11 Å². The molecule has 3 nitrogen and oxygen atoms in total. The van der Waals surface area contributed by atoms with Crippen molar-refractivity contribution in [3.63, 3.8) is 0 Å². The lowest BCUT2D eigenvalue weighted by molar-refractivity contribution is 0.129. The molecule has 120 valence electrons. The van der Waals surface area contributed by atoms with Gasteiger partial charge in [-0.1, -0.05) is 30.3 Å². The Morgan fingerprint density at radius 2 is 1.96 bits per heavy atom. The molecule has 0 saturated heterocycles. The Bertz CT molecular complexity index is 756. The van der Waals surface area contributed by atoms with Gasteiger partial charge in [-0.15, -0.1) is 11.3 Å². The first kappa shape index (κ1) is 16.1. The van der Waals surface area contributed by atoms with Crippen LogP contribution in [0.5, 0.6) is 0 Å². The lowest BCUT2D eigenvalue weighted by Gasteiger charge is -2.24. The summed E-state index contributed by atoms with van der Waals surface area (Å²) < 4.78 is 1.20. The van der Waals surface area contributed by atoms with Gasteiger partial charge in [-0.25, -0.2) is 0 Å². The topological polar surface area (TPSA) is 45.1 Å². The fraction of sp³-hybridized carbons (Fsp3) is 0.316. The Morgan fingerprint density at radius 1 is 1.17 bits per heavy atom. The van der Waals surface area contributed by atoms with Crippen LogP contribution in [0.15, 0.2) is 54.0 Å². The molecule has 23 heavy (non-hydrogen) atoms. The summed E-state index contributed by atoms with van der Waals surface area (Å²) in [5.74, 6) is 0. The smallest absolute Gasteiger partial charge is 0.0809 e. The highest BCUT2D eigenvalue weighted by atomic mass is 32.1. The predicted molar refractivity (Wildman–Crippen MR) is 96.8 cm³/mol. The van der Waals surface area contributed by atoms with Crippen LogP contribution in [0.1, 0.15) is 31.0 Å². The minimum atomic E-state index is -0.418. The molecular formula is C19H22N2OS. The van der Waals surface area contributed by atoms with Gasteiger partial charge in [0.1, 0.15) is 0 Å². The molecule has 3 unspecified atom stereocenters. The third-order valence-electron chi connectivity index (χ3n) is 4.20. The molecule has 4 heteroatoms. The SMILES string of the molecule is CC(NC(C)C(O)Cc1ccccc1)c1cnc2ccsc2c1. The van der Waals surface area contributed by atoms with Crippen molar-refractivity contribution in [3.05, 3.63) is 65.2 Å². The van der Waals surface area contributed by atoms with E-state index in [4.69, 9.17) is 0 Å². The van der Waals surface area contributed by atoms with Crippen LogP contribution in [0.2, 0.25) is 0 Å². The van der Waals surface area contributed by atoms with Crippen LogP contribution >= 0.6 is 11.3 Å². The fourth-order valence-corrected chi connectivity index (χ4v) is 3.52. The standard InChI is InChI=1S/C19H22N2OS/c1-13(16-11-19-17(20-12-16)8-9-23-19)21-14(2)18(22)10-15-6-4-3-5-7-15/h3-9,11-14,18,21-22H,10H2,1-2H3. The number of nitrogens with zero attached hydrogens (tertiary/aromatic N) is 1. The van der Waals surface area contributed by atoms with E-state index in [0.717, 1.165) is 16.6 Å². The second-order valence-electron chi connectivity index (χ2n) is 6.01. The van der Waals surface area contributed by atoms with Gasteiger partial charge in [0.15, 0.2) is 0 Å². The summed E-state index contributed by atoms with van der Waals surface area (Å²) in [6.07, 6.45) is 2.16. The number of nitrogens with one attached hydrogen (secondary N) is 1. The molecule has 1 aromatic carbocycles. The Balaban J connectivity index is 1.62. The summed E-state index contributed by atoms with van der Waals surface area (Å²) in [5.41, 5.74) is 3.35. The van der Waals surface area contributed by atoms with E-state index in [1.165, 1.54) is 4.70 Å². The maximum atomic E-state index is 10.4. The average molecular weight is 326 g/mol. The van der Waals surface area contributed by atoms with Crippen LogP contribution in [0.25, 0.3) is 10.2 Å². The van der Waals surface area contributed by atoms with Crippen molar-refractivity contribution in [2.24, 2.45) is 0 Å². The molecule has 0 aliphatic rings. The molecule has 3 atom stereocenters. The van der Waals surface area contributed by atoms with Crippen molar-refractivity contribution in [1.82, 2.24) is 10.3 Å². The molecule has 0 aliphatic heterocycles. The summed E-state index contributed by atoms with van der Waals surface area (Å²) in [7, 11) is 0. The molecule has 2 N–H and O–H groups in total. The lowest BCUT2D eigenvalue weighted by Crippen LogP contribution is -2.39. The quantitative estimate of drug-likeness (QED) is 0.721. The summed E-state index contributed by atoms with van der Waals surface area (Å²) >= 11 is 1.71. The number of aromatic nitrogens is 1. The maximum Gasteiger partial charge on any atom is 0.0809 e. The van der Waals surface area contributed by atoms with Crippen LogP contribution in [-0.4, -0.2) is 22.2 Å². The monoisotopic (exact) mass is 326 g/mol. The third-order valence-corrected chi connectivity index (χ3v) is 5.05. The fourth-order valence-electron chi connectivity index (χ4n) is 2.73. The van der Waals surface area contributed by atoms with Gasteiger partial charge in [-0.3, -0.25) is 4.98 Å². The third kappa shape index (κ3) is 3.96. The Labute approximate surface area is 141 Å². The second kappa shape index (κ2) is 7.21. The number of benzene rings is 1. The number of aliphatic hydroxyl groups excluding tert-OH is 1. The normalized spacial score (nSPS) is 15.4. The van der Waals surface area contributed by atoms with Crippen molar-refractivity contribution in [2.45, 2.75) is 38.5 Å². The molecule has 0 aliphatic carbocycles. The molecule has 0 radical (unpaired) electrons. The van der Waals surface area contributed by atoms with E-state index in [-0.39, 0.29) is 12.1 Å². The summed E-state index contributed by atoms with van der Waals surface area (Å²) in [4.78, 5) is 4.49. The summed E-state index contributed by atoms with van der Waals surface area (Å²) in [5, 5.41) is 16.0. The van der Waals surface area contributed by atoms with Gasteiger partial charge in [0.25, 0.3) is 0 Å². The minimum absolute atomic E-state index is 0.00392. The van der Waals surface area contributed by atoms with Crippen molar-refractivity contribution < 1.29 is 5.11 Å². The number of hydrogen-bond acceptors (Lipinski definition) is 4. The maximum absolute atomic E-state index is 10.4. The molecule has 2 heterocycles. The highest BCUT2D eigenvalue weighted by molar-refractivity contribution is 7.17. The van der Waals surface area contributed by atoms with E-state index >= 15 is 0 Å². The predicted octanol–water partition coefficient (Wildman–Crippen LogP) is 3.94. The van der Waals surface area contributed by atoms with Crippen molar-refractivity contribution in [2.75, 3.05) is 0 Å². The van der Waals surface area contributed by atoms with Gasteiger partial charge in [0.05, 0.1) is 16.3 Å². The molecule has 0 amide bonds. The van der Waals surface area contributed by atoms with Gasteiger partial charge >= 0.3 is 0 Å². The summed E-state index contributed by atoms with van der Waals surface area (Å²) in [6.45, 7) is 4.14. The van der Waals surface area contributed by atoms with E-state index in [1.807, 2.05) is 49.5 Å². The number of pyridine rings is 1. The van der Waals surface area contributed by atoms with Gasteiger partial charge in [0.2, 0.25) is 0 Å². The zero-order valence-electron chi connectivity index (χ0n) is 13.4. The molecule has 3 rings (SSSR count). The van der Waals surface area contributed by atoms with E-state index in [0.29, 0.717) is 6.42 Å². The number of fused-ring (bicyclic) bond motifs is 1. The van der Waals surface area contributed by atoms with E-state index in [1.54, 1.807) is 11.3 Å². The zero-order valence-corrected chi connectivity index (χ0v) is 14.3. The highest BCUT2D eigenvalue weighted by Gasteiger charge is 2.18. The average Bonchev–Trinajstić information content (AvgIpc) is 3.03. The lowest BCUT2D eigenvalue weighted by atomic mass is 10.0. The van der Waals surface area contributed by atoms with Crippen molar-refractivity contribution in [3.8, 4) is 0 Å². The van der Waals surface area contributed by atoms with Gasteiger partial charge in [-0.2, -0.15) is 0 Å². The van der Waals surface area contributed by atoms with Crippen LogP contribution in [-0.2, 0) is 6.42 Å². The molecule has 0 saturated carbocycles. The molecule has 0 spiro atoms. The first-order chi connectivity index (χ1) is 11.1. The molecule has 0 fully saturated rings. The number of aliphatic hydroxyl groups is 1. The second-order valence-corrected chi connectivity index (χ2v) is 6.95. The summed E-state index contributed by atoms with van der Waals surface area (Å²) in [6, 6.07) is 14.5. The number of thiophene rings is 1. The first-order valence-corrected chi connectivity index (χ1v) is 8.82. The molecule has 0 bridgehead atoms.